The maximum Gasteiger partial charge on any atom is 0.226 e. The van der Waals surface area contributed by atoms with Gasteiger partial charge >= 0.3 is 0 Å². The van der Waals surface area contributed by atoms with E-state index in [0.29, 0.717) is 47.8 Å². The zero-order chi connectivity index (χ0) is 20.5. The highest BCUT2D eigenvalue weighted by Crippen LogP contribution is 2.37. The van der Waals surface area contributed by atoms with Gasteiger partial charge in [0.2, 0.25) is 5.95 Å². The molecule has 1 unspecified atom stereocenters. The molecule has 0 saturated carbocycles. The molecule has 2 aliphatic heterocycles. The molecule has 10 heteroatoms. The van der Waals surface area contributed by atoms with Gasteiger partial charge in [-0.05, 0) is 37.1 Å². The Morgan fingerprint density at radius 3 is 2.87 bits per heavy atom. The average Bonchev–Trinajstić information content (AvgIpc) is 3.45. The Balaban J connectivity index is 1.33. The highest BCUT2D eigenvalue weighted by atomic mass is 32.1. The summed E-state index contributed by atoms with van der Waals surface area (Å²) < 4.78 is 0. The molecule has 0 aromatic carbocycles. The second-order valence-corrected chi connectivity index (χ2v) is 8.83. The number of hydrogen-bond acceptors (Lipinski definition) is 9. The molecule has 0 spiro atoms. The van der Waals surface area contributed by atoms with Gasteiger partial charge in [0.25, 0.3) is 0 Å². The van der Waals surface area contributed by atoms with Gasteiger partial charge in [-0.1, -0.05) is 0 Å². The van der Waals surface area contributed by atoms with E-state index >= 15 is 0 Å². The van der Waals surface area contributed by atoms with Crippen LogP contribution >= 0.6 is 11.3 Å². The lowest BCUT2D eigenvalue weighted by Gasteiger charge is -2.38. The van der Waals surface area contributed by atoms with E-state index < -0.39 is 0 Å². The number of rotatable bonds is 7. The number of aromatic amines is 1. The lowest BCUT2D eigenvalue weighted by molar-refractivity contribution is 0.135. The van der Waals surface area contributed by atoms with Crippen LogP contribution in [0.25, 0.3) is 10.2 Å². The Morgan fingerprint density at radius 1 is 1.30 bits per heavy atom. The van der Waals surface area contributed by atoms with E-state index in [4.69, 9.17) is 15.2 Å². The fourth-order valence-corrected chi connectivity index (χ4v) is 5.53. The van der Waals surface area contributed by atoms with E-state index in [1.165, 1.54) is 12.8 Å². The Kier molecular flexibility index (Phi) is 5.25. The van der Waals surface area contributed by atoms with Gasteiger partial charge in [-0.2, -0.15) is 15.3 Å². The molecule has 0 amide bonds. The molecule has 5 rings (SSSR count). The Hall–Kier alpha value is -2.74. The third kappa shape index (κ3) is 3.71. The number of thiophene rings is 1. The predicted molar refractivity (Wildman–Crippen MR) is 116 cm³/mol. The van der Waals surface area contributed by atoms with Crippen molar-refractivity contribution in [3.05, 3.63) is 23.2 Å². The van der Waals surface area contributed by atoms with Crippen LogP contribution in [0.4, 0.5) is 17.6 Å². The minimum atomic E-state index is -0.0888. The summed E-state index contributed by atoms with van der Waals surface area (Å²) in [6.45, 7) is 0.790. The van der Waals surface area contributed by atoms with E-state index in [1.54, 1.807) is 17.4 Å². The number of nitrogens with one attached hydrogen (secondary N) is 3. The molecule has 2 saturated heterocycles. The van der Waals surface area contributed by atoms with E-state index in [2.05, 4.69) is 31.8 Å². The number of piperidine rings is 1. The molecule has 156 valence electrons. The van der Waals surface area contributed by atoms with Crippen molar-refractivity contribution in [2.45, 2.75) is 56.8 Å². The molecule has 5 heterocycles. The first-order chi connectivity index (χ1) is 14.7. The summed E-state index contributed by atoms with van der Waals surface area (Å²) in [6.07, 6.45) is 5.12. The fourth-order valence-electron chi connectivity index (χ4n) is 4.76. The number of hydrogen-bond donors (Lipinski definition) is 4. The highest BCUT2D eigenvalue weighted by Gasteiger charge is 2.40. The van der Waals surface area contributed by atoms with Crippen molar-refractivity contribution >= 4 is 39.1 Å². The van der Waals surface area contributed by atoms with E-state index in [9.17, 15) is 5.11 Å². The van der Waals surface area contributed by atoms with Gasteiger partial charge in [-0.25, -0.2) is 4.98 Å². The SMILES string of the molecule is N#CCCN1[C@@H]2CC[C@H]1CC(Nc1nc(Nc3cc(CO)[nH]n3)c3ccsc3n1)C2. The molecule has 2 fully saturated rings. The van der Waals surface area contributed by atoms with Crippen LogP contribution in [-0.2, 0) is 6.61 Å². The van der Waals surface area contributed by atoms with Crippen LogP contribution in [0.3, 0.4) is 0 Å². The minimum absolute atomic E-state index is 0.0888. The van der Waals surface area contributed by atoms with E-state index in [1.807, 2.05) is 11.4 Å². The van der Waals surface area contributed by atoms with Crippen LogP contribution in [0.1, 0.15) is 37.8 Å². The summed E-state index contributed by atoms with van der Waals surface area (Å²) in [4.78, 5) is 12.9. The van der Waals surface area contributed by atoms with Gasteiger partial charge in [0, 0.05) is 37.2 Å². The molecule has 9 nitrogen and oxygen atoms in total. The van der Waals surface area contributed by atoms with Crippen molar-refractivity contribution in [1.82, 2.24) is 25.1 Å². The molecular formula is C20H24N8OS. The molecule has 3 aromatic heterocycles. The fraction of sp³-hybridized carbons (Fsp3) is 0.500. The van der Waals surface area contributed by atoms with Crippen LogP contribution in [0.15, 0.2) is 17.5 Å². The number of aliphatic hydroxyl groups excluding tert-OH is 1. The first kappa shape index (κ1) is 19.2. The lowest BCUT2D eigenvalue weighted by atomic mass is 9.97. The van der Waals surface area contributed by atoms with Crippen LogP contribution in [0.2, 0.25) is 0 Å². The van der Waals surface area contributed by atoms with Crippen LogP contribution in [0.5, 0.6) is 0 Å². The summed E-state index contributed by atoms with van der Waals surface area (Å²) >= 11 is 1.58. The third-order valence-electron chi connectivity index (χ3n) is 6.07. The topological polar surface area (TPSA) is 126 Å². The standard InChI is InChI=1S/C20H24N8OS/c21-5-1-6-28-14-2-3-15(28)9-12(8-14)22-20-24-18(16-4-7-30-19(16)25-20)23-17-10-13(11-29)26-27-17/h4,7,10,12,14-15,29H,1-3,6,8-9,11H2,(H3,22,23,24,25,26,27)/t12?,14-,15+. The zero-order valence-corrected chi connectivity index (χ0v) is 17.3. The van der Waals surface area contributed by atoms with Gasteiger partial charge in [-0.3, -0.25) is 10.00 Å². The molecule has 0 aliphatic carbocycles. The summed E-state index contributed by atoms with van der Waals surface area (Å²) in [6, 6.07) is 7.45. The molecular weight excluding hydrogens is 400 g/mol. The molecule has 3 atom stereocenters. The number of fused-ring (bicyclic) bond motifs is 3. The third-order valence-corrected chi connectivity index (χ3v) is 6.88. The van der Waals surface area contributed by atoms with Gasteiger partial charge < -0.3 is 15.7 Å². The van der Waals surface area contributed by atoms with Crippen molar-refractivity contribution in [3.63, 3.8) is 0 Å². The number of nitriles is 1. The Morgan fingerprint density at radius 2 is 2.13 bits per heavy atom. The smallest absolute Gasteiger partial charge is 0.226 e. The largest absolute Gasteiger partial charge is 0.390 e. The maximum absolute atomic E-state index is 9.24. The summed E-state index contributed by atoms with van der Waals surface area (Å²) in [5.74, 6) is 1.94. The monoisotopic (exact) mass is 424 g/mol. The number of nitrogens with zero attached hydrogens (tertiary/aromatic N) is 5. The first-order valence-corrected chi connectivity index (χ1v) is 11.2. The number of H-pyrrole nitrogens is 1. The number of anilines is 3. The summed E-state index contributed by atoms with van der Waals surface area (Å²) in [7, 11) is 0. The van der Waals surface area contributed by atoms with Crippen molar-refractivity contribution < 1.29 is 5.11 Å². The molecule has 4 N–H and O–H groups in total. The summed E-state index contributed by atoms with van der Waals surface area (Å²) in [5, 5.41) is 34.9. The van der Waals surface area contributed by atoms with Gasteiger partial charge in [-0.15, -0.1) is 11.3 Å². The zero-order valence-electron chi connectivity index (χ0n) is 16.5. The normalized spacial score (nSPS) is 23.5. The lowest BCUT2D eigenvalue weighted by Crippen LogP contribution is -2.47. The molecule has 2 bridgehead atoms. The van der Waals surface area contributed by atoms with Crippen LogP contribution in [-0.4, -0.2) is 54.8 Å². The second kappa shape index (κ2) is 8.18. The summed E-state index contributed by atoms with van der Waals surface area (Å²) in [5.41, 5.74) is 0.644. The van der Waals surface area contributed by atoms with Crippen molar-refractivity contribution in [2.24, 2.45) is 0 Å². The van der Waals surface area contributed by atoms with Crippen molar-refractivity contribution in [3.8, 4) is 6.07 Å². The Labute approximate surface area is 178 Å². The number of aliphatic hydroxyl groups is 1. The molecule has 0 radical (unpaired) electrons. The number of aromatic nitrogens is 4. The van der Waals surface area contributed by atoms with Crippen molar-refractivity contribution in [1.29, 1.82) is 5.26 Å². The van der Waals surface area contributed by atoms with Gasteiger partial charge in [0.15, 0.2) is 5.82 Å². The van der Waals surface area contributed by atoms with Gasteiger partial charge in [0.05, 0.1) is 23.8 Å². The minimum Gasteiger partial charge on any atom is -0.390 e. The quantitative estimate of drug-likeness (QED) is 0.456. The maximum atomic E-state index is 9.24. The van der Waals surface area contributed by atoms with Crippen LogP contribution < -0.4 is 10.6 Å². The van der Waals surface area contributed by atoms with E-state index in [0.717, 1.165) is 29.6 Å². The van der Waals surface area contributed by atoms with Crippen molar-refractivity contribution in [2.75, 3.05) is 17.2 Å². The van der Waals surface area contributed by atoms with Gasteiger partial charge in [0.1, 0.15) is 10.6 Å². The molecule has 30 heavy (non-hydrogen) atoms. The molecule has 2 aliphatic rings. The molecule has 3 aromatic rings. The highest BCUT2D eigenvalue weighted by molar-refractivity contribution is 7.16. The van der Waals surface area contributed by atoms with E-state index in [-0.39, 0.29) is 6.61 Å². The Bertz CT molecular complexity index is 1060. The second-order valence-electron chi connectivity index (χ2n) is 7.94. The average molecular weight is 425 g/mol. The van der Waals surface area contributed by atoms with Crippen LogP contribution in [0, 0.1) is 11.3 Å². The predicted octanol–water partition coefficient (Wildman–Crippen LogP) is 2.97. The first-order valence-electron chi connectivity index (χ1n) is 10.3.